The van der Waals surface area contributed by atoms with Crippen molar-refractivity contribution in [2.45, 2.75) is 45.7 Å². The van der Waals surface area contributed by atoms with Gasteiger partial charge in [-0.15, -0.1) is 10.2 Å². The number of hydrogen-bond donors (Lipinski definition) is 1. The van der Waals surface area contributed by atoms with Gasteiger partial charge in [0.15, 0.2) is 0 Å². The lowest BCUT2D eigenvalue weighted by Crippen LogP contribution is -2.43. The average Bonchev–Trinajstić information content (AvgIpc) is 3.17. The second-order valence-corrected chi connectivity index (χ2v) is 7.40. The summed E-state index contributed by atoms with van der Waals surface area (Å²) in [6, 6.07) is 6.11. The predicted molar refractivity (Wildman–Crippen MR) is 102 cm³/mol. The van der Waals surface area contributed by atoms with Crippen molar-refractivity contribution < 1.29 is 14.1 Å². The summed E-state index contributed by atoms with van der Waals surface area (Å²) in [5, 5.41) is 22.0. The third-order valence-electron chi connectivity index (χ3n) is 5.00. The monoisotopic (exact) mass is 387 g/mol. The molecule has 2 heterocycles. The van der Waals surface area contributed by atoms with Crippen molar-refractivity contribution in [1.29, 1.82) is 0 Å². The van der Waals surface area contributed by atoms with Crippen LogP contribution < -0.4 is 5.32 Å². The largest absolute Gasteiger partial charge is 0.419 e. The summed E-state index contributed by atoms with van der Waals surface area (Å²) in [4.78, 5) is 24.7. The highest BCUT2D eigenvalue weighted by molar-refractivity contribution is 5.79. The third-order valence-corrected chi connectivity index (χ3v) is 5.00. The molecule has 0 aliphatic carbocycles. The molecule has 1 unspecified atom stereocenters. The molecule has 1 aromatic heterocycles. The van der Waals surface area contributed by atoms with E-state index < -0.39 is 4.92 Å². The lowest BCUT2D eigenvalue weighted by molar-refractivity contribution is -0.384. The molecule has 1 amide bonds. The number of benzene rings is 1. The second-order valence-electron chi connectivity index (χ2n) is 7.40. The number of nitro groups is 1. The van der Waals surface area contributed by atoms with E-state index in [1.165, 1.54) is 12.1 Å². The Morgan fingerprint density at radius 3 is 2.43 bits per heavy atom. The van der Waals surface area contributed by atoms with Crippen molar-refractivity contribution in [3.63, 3.8) is 0 Å². The molecule has 3 rings (SSSR count). The maximum Gasteiger partial charge on any atom is 0.269 e. The van der Waals surface area contributed by atoms with Gasteiger partial charge in [-0.1, -0.05) is 0 Å². The highest BCUT2D eigenvalue weighted by Crippen LogP contribution is 2.28. The van der Waals surface area contributed by atoms with Gasteiger partial charge in [0, 0.05) is 29.7 Å². The molecular weight excluding hydrogens is 362 g/mol. The highest BCUT2D eigenvalue weighted by Gasteiger charge is 2.30. The Morgan fingerprint density at radius 1 is 1.21 bits per heavy atom. The van der Waals surface area contributed by atoms with Gasteiger partial charge >= 0.3 is 0 Å². The molecule has 150 valence electrons. The summed E-state index contributed by atoms with van der Waals surface area (Å²) in [5.41, 5.74) is 0.654. The van der Waals surface area contributed by atoms with Gasteiger partial charge in [0.2, 0.25) is 17.7 Å². The average molecular weight is 387 g/mol. The van der Waals surface area contributed by atoms with Crippen LogP contribution in [0.4, 0.5) is 5.69 Å². The van der Waals surface area contributed by atoms with E-state index in [2.05, 4.69) is 20.4 Å². The minimum atomic E-state index is -0.448. The van der Waals surface area contributed by atoms with E-state index in [9.17, 15) is 14.9 Å². The number of carbonyl (C=O) groups excluding carboxylic acids is 1. The van der Waals surface area contributed by atoms with Crippen LogP contribution in [0.15, 0.2) is 28.7 Å². The van der Waals surface area contributed by atoms with Crippen LogP contribution in [0, 0.1) is 16.0 Å². The molecule has 9 nitrogen and oxygen atoms in total. The fourth-order valence-electron chi connectivity index (χ4n) is 3.35. The molecule has 1 aromatic carbocycles. The van der Waals surface area contributed by atoms with E-state index >= 15 is 0 Å². The smallest absolute Gasteiger partial charge is 0.269 e. The molecule has 0 saturated carbocycles. The Kier molecular flexibility index (Phi) is 6.03. The lowest BCUT2D eigenvalue weighted by atomic mass is 9.94. The molecule has 0 spiro atoms. The third kappa shape index (κ3) is 4.53. The minimum absolute atomic E-state index is 0.0150. The zero-order valence-electron chi connectivity index (χ0n) is 16.3. The molecule has 1 atom stereocenters. The summed E-state index contributed by atoms with van der Waals surface area (Å²) < 4.78 is 5.80. The van der Waals surface area contributed by atoms with Gasteiger partial charge in [-0.2, -0.15) is 0 Å². The molecule has 1 saturated heterocycles. The molecule has 2 aromatic rings. The molecular formula is C19H25N5O4. The topological polar surface area (TPSA) is 114 Å². The van der Waals surface area contributed by atoms with E-state index in [1.807, 2.05) is 20.8 Å². The van der Waals surface area contributed by atoms with E-state index in [1.54, 1.807) is 12.1 Å². The number of amides is 1. The minimum Gasteiger partial charge on any atom is -0.419 e. The summed E-state index contributed by atoms with van der Waals surface area (Å²) in [7, 11) is 0. The van der Waals surface area contributed by atoms with Crippen molar-refractivity contribution in [2.75, 3.05) is 13.1 Å². The van der Waals surface area contributed by atoms with Crippen LogP contribution in [0.25, 0.3) is 11.5 Å². The SMILES string of the molecule is CC(C)NC(=O)C1CCN(C(C)c2nnc(-c3ccc([N+](=O)[O-])cc3)o2)CC1. The summed E-state index contributed by atoms with van der Waals surface area (Å²) in [6.07, 6.45) is 1.60. The lowest BCUT2D eigenvalue weighted by Gasteiger charge is -2.34. The second kappa shape index (κ2) is 8.47. The molecule has 0 radical (unpaired) electrons. The molecule has 0 bridgehead atoms. The van der Waals surface area contributed by atoms with E-state index in [0.717, 1.165) is 25.9 Å². The fraction of sp³-hybridized carbons (Fsp3) is 0.526. The number of nitro benzene ring substituents is 1. The number of carbonyl (C=O) groups is 1. The van der Waals surface area contributed by atoms with E-state index in [-0.39, 0.29) is 29.6 Å². The number of rotatable bonds is 6. The number of nitrogens with zero attached hydrogens (tertiary/aromatic N) is 4. The van der Waals surface area contributed by atoms with E-state index in [4.69, 9.17) is 4.42 Å². The first kappa shape index (κ1) is 19.9. The first-order chi connectivity index (χ1) is 13.3. The van der Waals surface area contributed by atoms with Gasteiger partial charge in [-0.3, -0.25) is 19.8 Å². The van der Waals surface area contributed by atoms with Crippen LogP contribution >= 0.6 is 0 Å². The van der Waals surface area contributed by atoms with Gasteiger partial charge in [0.25, 0.3) is 5.69 Å². The van der Waals surface area contributed by atoms with Crippen molar-refractivity contribution in [1.82, 2.24) is 20.4 Å². The maximum absolute atomic E-state index is 12.2. The van der Waals surface area contributed by atoms with Gasteiger partial charge in [0.1, 0.15) is 0 Å². The Labute approximate surface area is 163 Å². The number of piperidine rings is 1. The number of nitrogens with one attached hydrogen (secondary N) is 1. The first-order valence-electron chi connectivity index (χ1n) is 9.47. The quantitative estimate of drug-likeness (QED) is 0.598. The highest BCUT2D eigenvalue weighted by atomic mass is 16.6. The first-order valence-corrected chi connectivity index (χ1v) is 9.47. The van der Waals surface area contributed by atoms with Crippen molar-refractivity contribution >= 4 is 11.6 Å². The van der Waals surface area contributed by atoms with Crippen LogP contribution in [-0.2, 0) is 4.79 Å². The standard InChI is InChI=1S/C19H25N5O4/c1-12(2)20-17(25)14-8-10-23(11-9-14)13(3)18-21-22-19(28-18)15-4-6-16(7-5-15)24(26)27/h4-7,12-14H,8-11H2,1-3H3,(H,20,25). The Bertz CT molecular complexity index is 825. The van der Waals surface area contributed by atoms with Crippen LogP contribution in [0.2, 0.25) is 0 Å². The molecule has 9 heteroatoms. The summed E-state index contributed by atoms with van der Waals surface area (Å²) in [5.74, 6) is 1.01. The molecule has 28 heavy (non-hydrogen) atoms. The number of hydrogen-bond acceptors (Lipinski definition) is 7. The van der Waals surface area contributed by atoms with Crippen LogP contribution in [0.1, 0.15) is 45.5 Å². The molecule has 1 aliphatic rings. The molecule has 1 aliphatic heterocycles. The van der Waals surface area contributed by atoms with Gasteiger partial charge in [-0.25, -0.2) is 0 Å². The van der Waals surface area contributed by atoms with Crippen LogP contribution in [-0.4, -0.2) is 45.1 Å². The van der Waals surface area contributed by atoms with Crippen molar-refractivity contribution in [3.8, 4) is 11.5 Å². The number of non-ortho nitro benzene ring substituents is 1. The normalized spacial score (nSPS) is 16.9. The van der Waals surface area contributed by atoms with Crippen LogP contribution in [0.3, 0.4) is 0 Å². The Morgan fingerprint density at radius 2 is 1.86 bits per heavy atom. The van der Waals surface area contributed by atoms with Crippen molar-refractivity contribution in [3.05, 3.63) is 40.3 Å². The fourth-order valence-corrected chi connectivity index (χ4v) is 3.35. The Hall–Kier alpha value is -2.81. The summed E-state index contributed by atoms with van der Waals surface area (Å²) in [6.45, 7) is 7.50. The zero-order chi connectivity index (χ0) is 20.3. The van der Waals surface area contributed by atoms with Crippen molar-refractivity contribution in [2.24, 2.45) is 5.92 Å². The number of likely N-dealkylation sites (tertiary alicyclic amines) is 1. The molecule has 1 N–H and O–H groups in total. The zero-order valence-corrected chi connectivity index (χ0v) is 16.3. The summed E-state index contributed by atoms with van der Waals surface area (Å²) >= 11 is 0. The predicted octanol–water partition coefficient (Wildman–Crippen LogP) is 2.94. The molecule has 1 fully saturated rings. The van der Waals surface area contributed by atoms with E-state index in [0.29, 0.717) is 17.3 Å². The maximum atomic E-state index is 12.2. The van der Waals surface area contributed by atoms with Crippen LogP contribution in [0.5, 0.6) is 0 Å². The van der Waals surface area contributed by atoms with Gasteiger partial charge in [-0.05, 0) is 58.8 Å². The van der Waals surface area contributed by atoms with Gasteiger partial charge in [0.05, 0.1) is 11.0 Å². The number of aromatic nitrogens is 2. The Balaban J connectivity index is 1.61. The van der Waals surface area contributed by atoms with Gasteiger partial charge < -0.3 is 9.73 Å².